The standard InChI is InChI=1S/C20H21N5O2/c1-10(20(26)27-2)16-14-8-7-13(19(23)24)9-15(14)25-17(16)11-3-5-12(6-4-11)18(21)22/h3-10,25H,1-2H3,(H3,21,22)(H3,23,24). The Kier molecular flexibility index (Phi) is 4.68. The van der Waals surface area contributed by atoms with Gasteiger partial charge in [-0.2, -0.15) is 0 Å². The summed E-state index contributed by atoms with van der Waals surface area (Å²) >= 11 is 0. The number of amidine groups is 2. The number of fused-ring (bicyclic) bond motifs is 1. The number of nitrogens with one attached hydrogen (secondary N) is 3. The molecule has 1 unspecified atom stereocenters. The lowest BCUT2D eigenvalue weighted by Gasteiger charge is -2.12. The van der Waals surface area contributed by atoms with Crippen LogP contribution in [-0.2, 0) is 9.53 Å². The Morgan fingerprint density at radius 2 is 1.63 bits per heavy atom. The molecule has 0 saturated heterocycles. The maximum Gasteiger partial charge on any atom is 0.312 e. The Hall–Kier alpha value is -3.61. The van der Waals surface area contributed by atoms with Crippen LogP contribution < -0.4 is 11.5 Å². The van der Waals surface area contributed by atoms with Crippen LogP contribution in [0, 0.1) is 10.8 Å². The van der Waals surface area contributed by atoms with Gasteiger partial charge in [-0.3, -0.25) is 15.6 Å². The summed E-state index contributed by atoms with van der Waals surface area (Å²) in [5.74, 6) is -0.864. The molecule has 0 aliphatic heterocycles. The molecular formula is C20H21N5O2. The number of hydrogen-bond donors (Lipinski definition) is 5. The predicted molar refractivity (Wildman–Crippen MR) is 106 cm³/mol. The average Bonchev–Trinajstić information content (AvgIpc) is 3.05. The molecule has 27 heavy (non-hydrogen) atoms. The number of H-pyrrole nitrogens is 1. The molecule has 2 aromatic carbocycles. The molecule has 1 heterocycles. The Morgan fingerprint density at radius 3 is 2.19 bits per heavy atom. The summed E-state index contributed by atoms with van der Waals surface area (Å²) in [6, 6.07) is 12.6. The molecule has 7 heteroatoms. The molecule has 138 valence electrons. The smallest absolute Gasteiger partial charge is 0.312 e. The first-order valence-electron chi connectivity index (χ1n) is 8.36. The third-order valence-electron chi connectivity index (χ3n) is 4.62. The van der Waals surface area contributed by atoms with Crippen molar-refractivity contribution in [1.82, 2.24) is 4.98 Å². The van der Waals surface area contributed by atoms with E-state index in [2.05, 4.69) is 4.98 Å². The van der Waals surface area contributed by atoms with E-state index >= 15 is 0 Å². The molecule has 7 nitrogen and oxygen atoms in total. The highest BCUT2D eigenvalue weighted by molar-refractivity contribution is 6.02. The molecule has 1 atom stereocenters. The zero-order chi connectivity index (χ0) is 19.7. The van der Waals surface area contributed by atoms with E-state index in [0.29, 0.717) is 11.1 Å². The molecule has 0 fully saturated rings. The molecule has 1 aromatic heterocycles. The number of methoxy groups -OCH3 is 1. The van der Waals surface area contributed by atoms with Gasteiger partial charge in [0, 0.05) is 22.0 Å². The fraction of sp³-hybridized carbons (Fsp3) is 0.150. The first-order chi connectivity index (χ1) is 12.8. The summed E-state index contributed by atoms with van der Waals surface area (Å²) in [7, 11) is 1.36. The van der Waals surface area contributed by atoms with E-state index in [0.717, 1.165) is 27.7 Å². The molecule has 0 bridgehead atoms. The van der Waals surface area contributed by atoms with Gasteiger partial charge in [-0.1, -0.05) is 36.4 Å². The number of nitrogen functional groups attached to an aromatic ring is 2. The van der Waals surface area contributed by atoms with Gasteiger partial charge in [-0.25, -0.2) is 0 Å². The highest BCUT2D eigenvalue weighted by Crippen LogP contribution is 2.36. The quantitative estimate of drug-likeness (QED) is 0.270. The van der Waals surface area contributed by atoms with Crippen molar-refractivity contribution in [3.63, 3.8) is 0 Å². The van der Waals surface area contributed by atoms with E-state index in [1.54, 1.807) is 31.2 Å². The number of hydrogen-bond acceptors (Lipinski definition) is 4. The minimum Gasteiger partial charge on any atom is -0.469 e. The zero-order valence-electron chi connectivity index (χ0n) is 15.1. The molecule has 3 rings (SSSR count). The molecule has 0 spiro atoms. The Morgan fingerprint density at radius 1 is 1.04 bits per heavy atom. The number of carbonyl (C=O) groups is 1. The fourth-order valence-electron chi connectivity index (χ4n) is 3.18. The monoisotopic (exact) mass is 363 g/mol. The summed E-state index contributed by atoms with van der Waals surface area (Å²) < 4.78 is 4.94. The van der Waals surface area contributed by atoms with Crippen molar-refractivity contribution in [1.29, 1.82) is 10.8 Å². The molecular weight excluding hydrogens is 342 g/mol. The number of rotatable bonds is 5. The van der Waals surface area contributed by atoms with Gasteiger partial charge in [0.15, 0.2) is 0 Å². The summed E-state index contributed by atoms with van der Waals surface area (Å²) in [5, 5.41) is 16.0. The number of nitrogens with two attached hydrogens (primary N) is 2. The van der Waals surface area contributed by atoms with Crippen molar-refractivity contribution in [2.75, 3.05) is 7.11 Å². The SMILES string of the molecule is COC(=O)C(C)c1c(-c2ccc(C(=N)N)cc2)[nH]c2cc(C(=N)N)ccc12. The Labute approximate surface area is 156 Å². The lowest BCUT2D eigenvalue weighted by atomic mass is 9.94. The molecule has 7 N–H and O–H groups in total. The van der Waals surface area contributed by atoms with Crippen molar-refractivity contribution in [3.8, 4) is 11.3 Å². The Balaban J connectivity index is 2.24. The van der Waals surface area contributed by atoms with Crippen molar-refractivity contribution in [2.45, 2.75) is 12.8 Å². The fourth-order valence-corrected chi connectivity index (χ4v) is 3.18. The third-order valence-corrected chi connectivity index (χ3v) is 4.62. The van der Waals surface area contributed by atoms with Crippen molar-refractivity contribution in [2.24, 2.45) is 11.5 Å². The van der Waals surface area contributed by atoms with Crippen LogP contribution in [0.2, 0.25) is 0 Å². The summed E-state index contributed by atoms with van der Waals surface area (Å²) in [4.78, 5) is 15.6. The largest absolute Gasteiger partial charge is 0.469 e. The van der Waals surface area contributed by atoms with E-state index in [9.17, 15) is 4.79 Å². The zero-order valence-corrected chi connectivity index (χ0v) is 15.1. The first-order valence-corrected chi connectivity index (χ1v) is 8.36. The first kappa shape index (κ1) is 18.2. The van der Waals surface area contributed by atoms with Crippen LogP contribution in [0.3, 0.4) is 0 Å². The third kappa shape index (κ3) is 3.27. The number of aromatic amines is 1. The van der Waals surface area contributed by atoms with E-state index in [4.69, 9.17) is 27.0 Å². The molecule has 0 amide bonds. The van der Waals surface area contributed by atoms with Crippen LogP contribution in [0.4, 0.5) is 0 Å². The number of ether oxygens (including phenoxy) is 1. The molecule has 0 saturated carbocycles. The molecule has 0 radical (unpaired) electrons. The van der Waals surface area contributed by atoms with Crippen molar-refractivity contribution < 1.29 is 9.53 Å². The topological polar surface area (TPSA) is 142 Å². The minimum atomic E-state index is -0.491. The van der Waals surface area contributed by atoms with E-state index in [-0.39, 0.29) is 17.6 Å². The highest BCUT2D eigenvalue weighted by Gasteiger charge is 2.24. The average molecular weight is 363 g/mol. The van der Waals surface area contributed by atoms with Gasteiger partial charge < -0.3 is 21.2 Å². The van der Waals surface area contributed by atoms with Crippen LogP contribution in [0.15, 0.2) is 42.5 Å². The Bertz CT molecular complexity index is 1050. The van der Waals surface area contributed by atoms with E-state index < -0.39 is 5.92 Å². The van der Waals surface area contributed by atoms with Gasteiger partial charge in [0.25, 0.3) is 0 Å². The lowest BCUT2D eigenvalue weighted by Crippen LogP contribution is -2.12. The second-order valence-electron chi connectivity index (χ2n) is 6.32. The van der Waals surface area contributed by atoms with Crippen LogP contribution in [0.1, 0.15) is 29.5 Å². The van der Waals surface area contributed by atoms with Crippen LogP contribution in [-0.4, -0.2) is 29.7 Å². The predicted octanol–water partition coefficient (Wildman–Crippen LogP) is 2.68. The van der Waals surface area contributed by atoms with Crippen molar-refractivity contribution >= 4 is 28.5 Å². The number of carbonyl (C=O) groups excluding carboxylic acids is 1. The van der Waals surface area contributed by atoms with Gasteiger partial charge >= 0.3 is 5.97 Å². The number of benzene rings is 2. The normalized spacial score (nSPS) is 11.9. The van der Waals surface area contributed by atoms with Gasteiger partial charge in [0.05, 0.1) is 18.7 Å². The van der Waals surface area contributed by atoms with Crippen LogP contribution >= 0.6 is 0 Å². The van der Waals surface area contributed by atoms with E-state index in [1.807, 2.05) is 18.2 Å². The molecule has 3 aromatic rings. The molecule has 0 aliphatic rings. The second kappa shape index (κ2) is 6.95. The number of aromatic nitrogens is 1. The summed E-state index contributed by atoms with van der Waals surface area (Å²) in [6.45, 7) is 1.79. The van der Waals surface area contributed by atoms with E-state index in [1.165, 1.54) is 7.11 Å². The minimum absolute atomic E-state index is 0.00699. The van der Waals surface area contributed by atoms with Gasteiger partial charge in [-0.05, 0) is 24.1 Å². The second-order valence-corrected chi connectivity index (χ2v) is 6.32. The summed E-state index contributed by atoms with van der Waals surface area (Å²) in [5.41, 5.74) is 15.6. The lowest BCUT2D eigenvalue weighted by molar-refractivity contribution is -0.141. The van der Waals surface area contributed by atoms with Gasteiger partial charge in [-0.15, -0.1) is 0 Å². The summed E-state index contributed by atoms with van der Waals surface area (Å²) in [6.07, 6.45) is 0. The molecule has 0 aliphatic carbocycles. The maximum absolute atomic E-state index is 12.2. The highest BCUT2D eigenvalue weighted by atomic mass is 16.5. The number of esters is 1. The van der Waals surface area contributed by atoms with Crippen LogP contribution in [0.5, 0.6) is 0 Å². The van der Waals surface area contributed by atoms with Crippen LogP contribution in [0.25, 0.3) is 22.2 Å². The van der Waals surface area contributed by atoms with Crippen molar-refractivity contribution in [3.05, 3.63) is 59.2 Å². The van der Waals surface area contributed by atoms with Gasteiger partial charge in [0.2, 0.25) is 0 Å². The van der Waals surface area contributed by atoms with Gasteiger partial charge in [0.1, 0.15) is 11.7 Å². The maximum atomic E-state index is 12.2.